The van der Waals surface area contributed by atoms with E-state index >= 15 is 0 Å². The van der Waals surface area contributed by atoms with E-state index in [1.807, 2.05) is 12.1 Å². The van der Waals surface area contributed by atoms with Crippen molar-refractivity contribution in [1.29, 1.82) is 0 Å². The lowest BCUT2D eigenvalue weighted by atomic mass is 10.3. The van der Waals surface area contributed by atoms with Gasteiger partial charge in [0.1, 0.15) is 0 Å². The van der Waals surface area contributed by atoms with Crippen LogP contribution in [0.25, 0.3) is 11.0 Å². The molecule has 2 rings (SSSR count). The Morgan fingerprint density at radius 2 is 1.14 bits per heavy atom. The number of para-hydroxylation sites is 2. The largest absolute Gasteiger partial charge is 0.349 e. The normalized spacial score (nSPS) is 10.1. The molecule has 14 heavy (non-hydrogen) atoms. The summed E-state index contributed by atoms with van der Waals surface area (Å²) in [5, 5.41) is 0. The molecule has 1 heterocycles. The molecule has 72 valence electrons. The molecule has 0 aliphatic rings. The van der Waals surface area contributed by atoms with E-state index in [0.717, 1.165) is 0 Å². The number of hydrogen-bond acceptors (Lipinski definition) is 0. The highest BCUT2D eigenvalue weighted by atomic mass is 15.0. The molecule has 0 saturated carbocycles. The number of aryl methyl sites for hydroxylation is 2. The van der Waals surface area contributed by atoms with Crippen molar-refractivity contribution in [3.63, 3.8) is 0 Å². The second kappa shape index (κ2) is 3.58. The minimum absolute atomic E-state index is 1.22. The molecule has 1 aromatic carbocycles. The van der Waals surface area contributed by atoms with Gasteiger partial charge in [0.25, 0.3) is 0 Å². The third kappa shape index (κ3) is 1.51. The SMILES string of the molecule is Cn1ccccn(C)c2ccccc21. The Morgan fingerprint density at radius 1 is 0.714 bits per heavy atom. The van der Waals surface area contributed by atoms with Gasteiger partial charge in [0.15, 0.2) is 0 Å². The molecule has 1 aromatic heterocycles. The zero-order valence-electron chi connectivity index (χ0n) is 8.51. The highest BCUT2D eigenvalue weighted by Crippen LogP contribution is 2.09. The zero-order valence-corrected chi connectivity index (χ0v) is 8.51. The fraction of sp³-hybridized carbons (Fsp3) is 0.167. The lowest BCUT2D eigenvalue weighted by Gasteiger charge is -2.06. The second-order valence-corrected chi connectivity index (χ2v) is 3.39. The molecule has 0 radical (unpaired) electrons. The summed E-state index contributed by atoms with van der Waals surface area (Å²) < 4.78 is 4.24. The van der Waals surface area contributed by atoms with Gasteiger partial charge >= 0.3 is 0 Å². The summed E-state index contributed by atoms with van der Waals surface area (Å²) in [7, 11) is 4.12. The van der Waals surface area contributed by atoms with Crippen molar-refractivity contribution in [2.45, 2.75) is 0 Å². The average molecular weight is 186 g/mol. The van der Waals surface area contributed by atoms with Crippen LogP contribution in [0.1, 0.15) is 0 Å². The molecule has 0 bridgehead atoms. The smallest absolute Gasteiger partial charge is 0.0644 e. The molecule has 0 amide bonds. The van der Waals surface area contributed by atoms with E-state index in [-0.39, 0.29) is 0 Å². The molecular weight excluding hydrogens is 172 g/mol. The van der Waals surface area contributed by atoms with Crippen molar-refractivity contribution in [3.8, 4) is 0 Å². The number of fused-ring (bicyclic) bond motifs is 1. The predicted octanol–water partition coefficient (Wildman–Crippen LogP) is 2.64. The summed E-state index contributed by atoms with van der Waals surface area (Å²) in [5.74, 6) is 0. The van der Waals surface area contributed by atoms with Crippen LogP contribution in [-0.4, -0.2) is 9.13 Å². The topological polar surface area (TPSA) is 9.86 Å². The molecule has 0 N–H and O–H groups in total. The highest BCUT2D eigenvalue weighted by molar-refractivity contribution is 5.74. The number of aromatic nitrogens is 2. The van der Waals surface area contributed by atoms with Crippen molar-refractivity contribution in [2.24, 2.45) is 14.1 Å². The molecule has 0 aliphatic carbocycles. The minimum Gasteiger partial charge on any atom is -0.349 e. The van der Waals surface area contributed by atoms with E-state index in [1.54, 1.807) is 0 Å². The molecule has 0 saturated heterocycles. The molecule has 0 spiro atoms. The van der Waals surface area contributed by atoms with Crippen molar-refractivity contribution >= 4 is 11.0 Å². The number of rotatable bonds is 0. The third-order valence-electron chi connectivity index (χ3n) is 2.37. The van der Waals surface area contributed by atoms with Crippen molar-refractivity contribution in [3.05, 3.63) is 48.8 Å². The summed E-state index contributed by atoms with van der Waals surface area (Å²) >= 11 is 0. The maximum absolute atomic E-state index is 2.12. The van der Waals surface area contributed by atoms with Gasteiger partial charge in [-0.25, -0.2) is 0 Å². The maximum atomic E-state index is 2.12. The first-order valence-corrected chi connectivity index (χ1v) is 4.69. The Kier molecular flexibility index (Phi) is 2.27. The van der Waals surface area contributed by atoms with E-state index < -0.39 is 0 Å². The first kappa shape index (κ1) is 8.88. The fourth-order valence-electron chi connectivity index (χ4n) is 1.58. The Balaban J connectivity index is 2.98. The molecule has 0 fully saturated rings. The first-order valence-electron chi connectivity index (χ1n) is 4.69. The lowest BCUT2D eigenvalue weighted by Crippen LogP contribution is -1.95. The van der Waals surface area contributed by atoms with E-state index in [1.165, 1.54) is 11.0 Å². The summed E-state index contributed by atoms with van der Waals surface area (Å²) in [6.45, 7) is 0. The monoisotopic (exact) mass is 186 g/mol. The second-order valence-electron chi connectivity index (χ2n) is 3.39. The van der Waals surface area contributed by atoms with E-state index in [9.17, 15) is 0 Å². The van der Waals surface area contributed by atoms with Gasteiger partial charge in [0, 0.05) is 26.5 Å². The van der Waals surface area contributed by atoms with E-state index in [2.05, 4.69) is 59.9 Å². The molecular formula is C12H14N2. The Morgan fingerprint density at radius 3 is 1.57 bits per heavy atom. The standard InChI is InChI=1S/C12H14N2/c1-13-9-5-6-10-14(2)12-8-4-3-7-11(12)13/h3-10H,1-2H3. The highest BCUT2D eigenvalue weighted by Gasteiger charge is 1.92. The molecule has 2 nitrogen and oxygen atoms in total. The predicted molar refractivity (Wildman–Crippen MR) is 59.5 cm³/mol. The molecule has 2 heteroatoms. The molecule has 0 atom stereocenters. The van der Waals surface area contributed by atoms with Gasteiger partial charge in [-0.05, 0) is 24.3 Å². The first-order chi connectivity index (χ1) is 6.79. The van der Waals surface area contributed by atoms with Crippen LogP contribution >= 0.6 is 0 Å². The molecule has 0 aliphatic heterocycles. The van der Waals surface area contributed by atoms with Crippen molar-refractivity contribution in [1.82, 2.24) is 9.13 Å². The Labute approximate surface area is 83.7 Å². The summed E-state index contributed by atoms with van der Waals surface area (Å²) in [6, 6.07) is 12.4. The van der Waals surface area contributed by atoms with Gasteiger partial charge in [-0.1, -0.05) is 12.1 Å². The van der Waals surface area contributed by atoms with E-state index in [0.29, 0.717) is 0 Å². The van der Waals surface area contributed by atoms with Crippen LogP contribution in [-0.2, 0) is 14.1 Å². The average Bonchev–Trinajstić information content (AvgIpc) is 2.22. The minimum atomic E-state index is 1.22. The van der Waals surface area contributed by atoms with Crippen LogP contribution in [0.5, 0.6) is 0 Å². The van der Waals surface area contributed by atoms with Crippen LogP contribution in [0.15, 0.2) is 48.8 Å². The van der Waals surface area contributed by atoms with Gasteiger partial charge in [-0.2, -0.15) is 0 Å². The summed E-state index contributed by atoms with van der Waals surface area (Å²) in [4.78, 5) is 0. The van der Waals surface area contributed by atoms with E-state index in [4.69, 9.17) is 0 Å². The van der Waals surface area contributed by atoms with Gasteiger partial charge in [-0.15, -0.1) is 0 Å². The summed E-state index contributed by atoms with van der Waals surface area (Å²) in [6.07, 6.45) is 4.12. The third-order valence-corrected chi connectivity index (χ3v) is 2.37. The van der Waals surface area contributed by atoms with Gasteiger partial charge in [0.2, 0.25) is 0 Å². The van der Waals surface area contributed by atoms with Crippen LogP contribution in [0.4, 0.5) is 0 Å². The van der Waals surface area contributed by atoms with Gasteiger partial charge < -0.3 is 9.13 Å². The lowest BCUT2D eigenvalue weighted by molar-refractivity contribution is 0.915. The van der Waals surface area contributed by atoms with Crippen LogP contribution in [0.3, 0.4) is 0 Å². The number of nitrogens with zero attached hydrogens (tertiary/aromatic N) is 2. The summed E-state index contributed by atoms with van der Waals surface area (Å²) in [5.41, 5.74) is 2.44. The molecule has 0 unspecified atom stereocenters. The zero-order chi connectivity index (χ0) is 9.97. The van der Waals surface area contributed by atoms with Gasteiger partial charge in [0.05, 0.1) is 11.0 Å². The van der Waals surface area contributed by atoms with Crippen LogP contribution < -0.4 is 0 Å². The molecule has 2 aromatic rings. The Bertz CT molecular complexity index is 444. The maximum Gasteiger partial charge on any atom is 0.0644 e. The van der Waals surface area contributed by atoms with Crippen molar-refractivity contribution < 1.29 is 0 Å². The van der Waals surface area contributed by atoms with Gasteiger partial charge in [-0.3, -0.25) is 0 Å². The van der Waals surface area contributed by atoms with Crippen LogP contribution in [0.2, 0.25) is 0 Å². The number of benzene rings is 1. The quantitative estimate of drug-likeness (QED) is 0.598. The number of hydrogen-bond donors (Lipinski definition) is 0. The van der Waals surface area contributed by atoms with Crippen LogP contribution in [0, 0.1) is 0 Å². The Hall–Kier alpha value is -1.70. The van der Waals surface area contributed by atoms with Crippen molar-refractivity contribution in [2.75, 3.05) is 0 Å². The fourth-order valence-corrected chi connectivity index (χ4v) is 1.58.